The van der Waals surface area contributed by atoms with E-state index in [0.29, 0.717) is 37.4 Å². The van der Waals surface area contributed by atoms with Gasteiger partial charge in [0.15, 0.2) is 11.6 Å². The molecule has 1 amide bonds. The van der Waals surface area contributed by atoms with Gasteiger partial charge in [-0.3, -0.25) is 19.3 Å². The van der Waals surface area contributed by atoms with Crippen LogP contribution >= 0.6 is 0 Å². The third kappa shape index (κ3) is 3.24. The minimum absolute atomic E-state index is 0.0164. The lowest BCUT2D eigenvalue weighted by molar-refractivity contribution is -0.127. The van der Waals surface area contributed by atoms with E-state index < -0.39 is 58.1 Å². The van der Waals surface area contributed by atoms with Gasteiger partial charge in [0.25, 0.3) is 5.91 Å². The second-order valence-corrected chi connectivity index (χ2v) is 10.5. The van der Waals surface area contributed by atoms with Crippen LogP contribution in [0.25, 0.3) is 5.76 Å². The molecule has 0 aromatic heterocycles. The van der Waals surface area contributed by atoms with Crippen LogP contribution < -0.4 is 5.73 Å². The van der Waals surface area contributed by atoms with Crippen molar-refractivity contribution in [2.45, 2.75) is 51.3 Å². The number of nitrogens with two attached hydrogens (primary N) is 1. The monoisotopic (exact) mass is 498 g/mol. The number of primary amides is 1. The molecule has 5 aliphatic rings. The second kappa shape index (κ2) is 8.14. The van der Waals surface area contributed by atoms with E-state index in [2.05, 4.69) is 0 Å². The highest BCUT2D eigenvalue weighted by Gasteiger charge is 2.51. The number of phenolic OH excluding ortho intramolecular Hbond substituents is 1. The summed E-state index contributed by atoms with van der Waals surface area (Å²) in [6.07, 6.45) is 2.13. The number of hydrogen-bond donors (Lipinski definition) is 4. The minimum Gasteiger partial charge on any atom is -0.511 e. The van der Waals surface area contributed by atoms with Gasteiger partial charge in [-0.2, -0.15) is 0 Å². The average Bonchev–Trinajstić information content (AvgIpc) is 3.47. The number of hydrogen-bond acceptors (Lipinski definition) is 8. The zero-order valence-corrected chi connectivity index (χ0v) is 19.6. The number of Topliss-reactive ketones (excluding diaryl/α,β-unsaturated/α-hetero) is 2. The van der Waals surface area contributed by atoms with Crippen molar-refractivity contribution in [3.63, 3.8) is 0 Å². The maximum atomic E-state index is 15.8. The number of aliphatic hydroxyl groups is 2. The number of rotatable bonds is 3. The number of amides is 1. The van der Waals surface area contributed by atoms with Crippen molar-refractivity contribution in [2.24, 2.45) is 23.5 Å². The number of phenols is 1. The Morgan fingerprint density at radius 3 is 2.56 bits per heavy atom. The Balaban J connectivity index is 1.40. The summed E-state index contributed by atoms with van der Waals surface area (Å²) >= 11 is 0. The fourth-order valence-corrected chi connectivity index (χ4v) is 6.88. The van der Waals surface area contributed by atoms with E-state index >= 15 is 4.39 Å². The molecule has 1 saturated carbocycles. The van der Waals surface area contributed by atoms with E-state index in [-0.39, 0.29) is 47.8 Å². The van der Waals surface area contributed by atoms with E-state index in [9.17, 15) is 29.7 Å². The van der Waals surface area contributed by atoms with Crippen molar-refractivity contribution in [3.8, 4) is 5.75 Å². The van der Waals surface area contributed by atoms with Crippen LogP contribution in [0.5, 0.6) is 5.75 Å². The van der Waals surface area contributed by atoms with Gasteiger partial charge in [0.05, 0.1) is 17.6 Å². The number of aliphatic hydroxyl groups excluding tert-OH is 2. The fraction of sp³-hybridized carbons (Fsp3) is 0.500. The molecule has 1 saturated heterocycles. The van der Waals surface area contributed by atoms with Gasteiger partial charge in [-0.25, -0.2) is 4.39 Å². The number of aromatic hydroxyl groups is 1. The van der Waals surface area contributed by atoms with Gasteiger partial charge in [0.1, 0.15) is 28.7 Å². The van der Waals surface area contributed by atoms with Crippen LogP contribution in [0.15, 0.2) is 16.9 Å². The van der Waals surface area contributed by atoms with Crippen molar-refractivity contribution in [3.05, 3.63) is 45.0 Å². The van der Waals surface area contributed by atoms with Crippen LogP contribution in [0.3, 0.4) is 0 Å². The largest absolute Gasteiger partial charge is 0.511 e. The van der Waals surface area contributed by atoms with Crippen molar-refractivity contribution >= 4 is 23.2 Å². The molecular formula is C26H27FN2O7. The molecular weight excluding hydrogens is 471 g/mol. The summed E-state index contributed by atoms with van der Waals surface area (Å²) < 4.78 is 21.5. The van der Waals surface area contributed by atoms with Crippen LogP contribution in [0.1, 0.15) is 47.9 Å². The van der Waals surface area contributed by atoms with Crippen molar-refractivity contribution in [1.82, 2.24) is 4.90 Å². The van der Waals surface area contributed by atoms with Gasteiger partial charge in [-0.05, 0) is 37.5 Å². The highest BCUT2D eigenvalue weighted by atomic mass is 19.1. The maximum absolute atomic E-state index is 15.8. The zero-order chi connectivity index (χ0) is 25.5. The summed E-state index contributed by atoms with van der Waals surface area (Å²) in [5.74, 6) is -6.67. The van der Waals surface area contributed by atoms with Crippen LogP contribution in [-0.2, 0) is 38.6 Å². The predicted molar refractivity (Wildman–Crippen MR) is 123 cm³/mol. The molecule has 190 valence electrons. The number of allylic oxidation sites excluding steroid dienone is 2. The molecule has 2 fully saturated rings. The first-order chi connectivity index (χ1) is 17.2. The van der Waals surface area contributed by atoms with E-state index in [4.69, 9.17) is 10.5 Å². The first-order valence-electron chi connectivity index (χ1n) is 12.3. The molecule has 10 heteroatoms. The molecule has 0 radical (unpaired) electrons. The van der Waals surface area contributed by atoms with E-state index in [1.807, 2.05) is 4.90 Å². The van der Waals surface area contributed by atoms with Crippen LogP contribution in [0.2, 0.25) is 0 Å². The second-order valence-electron chi connectivity index (χ2n) is 10.5. The van der Waals surface area contributed by atoms with Gasteiger partial charge in [0.2, 0.25) is 0 Å². The van der Waals surface area contributed by atoms with Gasteiger partial charge >= 0.3 is 0 Å². The molecule has 36 heavy (non-hydrogen) atoms. The first kappa shape index (κ1) is 23.2. The summed E-state index contributed by atoms with van der Waals surface area (Å²) in [5, 5.41) is 33.0. The van der Waals surface area contributed by atoms with E-state index in [1.54, 1.807) is 0 Å². The molecule has 9 nitrogen and oxygen atoms in total. The summed E-state index contributed by atoms with van der Waals surface area (Å²) in [6.45, 7) is 1.92. The number of ether oxygens (including phenoxy) is 1. The fourth-order valence-electron chi connectivity index (χ4n) is 6.88. The van der Waals surface area contributed by atoms with E-state index in [0.717, 1.165) is 12.8 Å². The predicted octanol–water partition coefficient (Wildman–Crippen LogP) is 1.94. The van der Waals surface area contributed by atoms with Crippen LogP contribution in [0, 0.1) is 23.6 Å². The molecule has 6 rings (SSSR count). The van der Waals surface area contributed by atoms with Crippen LogP contribution in [0.4, 0.5) is 4.39 Å². The Morgan fingerprint density at radius 1 is 1.11 bits per heavy atom. The normalized spacial score (nSPS) is 29.8. The first-order valence-corrected chi connectivity index (χ1v) is 12.3. The quantitative estimate of drug-likeness (QED) is 0.462. The van der Waals surface area contributed by atoms with Crippen molar-refractivity contribution < 1.29 is 38.8 Å². The summed E-state index contributed by atoms with van der Waals surface area (Å²) in [5.41, 5.74) is 5.49. The molecule has 1 aromatic rings. The van der Waals surface area contributed by atoms with E-state index in [1.165, 1.54) is 0 Å². The number of fused-ring (bicyclic) bond motifs is 4. The molecule has 0 spiro atoms. The molecule has 3 unspecified atom stereocenters. The number of nitrogens with zero attached hydrogens (tertiary/aromatic N) is 1. The number of carbonyl (C=O) groups excluding carboxylic acids is 3. The highest BCUT2D eigenvalue weighted by Crippen LogP contribution is 2.52. The van der Waals surface area contributed by atoms with Crippen molar-refractivity contribution in [2.75, 3.05) is 13.2 Å². The van der Waals surface area contributed by atoms with Gasteiger partial charge in [-0.15, -0.1) is 0 Å². The van der Waals surface area contributed by atoms with Gasteiger partial charge < -0.3 is 25.8 Å². The molecule has 1 aromatic carbocycles. The Hall–Kier alpha value is -3.24. The Labute approximate surface area is 206 Å². The number of carbonyl (C=O) groups is 3. The van der Waals surface area contributed by atoms with Gasteiger partial charge in [0, 0.05) is 54.9 Å². The molecule has 2 heterocycles. The Morgan fingerprint density at radius 2 is 1.86 bits per heavy atom. The van der Waals surface area contributed by atoms with Crippen LogP contribution in [-0.4, -0.2) is 56.9 Å². The number of halogens is 1. The summed E-state index contributed by atoms with van der Waals surface area (Å²) in [7, 11) is 0. The standard InChI is InChI=1S/C26H27FN2O7/c27-21-13-5-10-4-11-6-16(30)20(26(28)35)25(34)18(11)23(32)17(10)24(33)19(13)22(31)15-9-29(8-14(15)21)7-12-2-1-3-36-12/h10-12,18,31,33-34H,1-9H2,(H2,28,35)/t10?,11?,12-,18?/m0/s1. The zero-order valence-electron chi connectivity index (χ0n) is 19.6. The molecule has 5 N–H and O–H groups in total. The summed E-state index contributed by atoms with van der Waals surface area (Å²) in [6, 6.07) is 0. The summed E-state index contributed by atoms with van der Waals surface area (Å²) in [4.78, 5) is 39.6. The molecule has 4 atom stereocenters. The number of benzene rings is 1. The third-order valence-electron chi connectivity index (χ3n) is 8.45. The Bertz CT molecular complexity index is 1290. The lowest BCUT2D eigenvalue weighted by atomic mass is 9.61. The van der Waals surface area contributed by atoms with Crippen molar-refractivity contribution in [1.29, 1.82) is 0 Å². The molecule has 2 aliphatic heterocycles. The Kier molecular flexibility index (Phi) is 5.24. The minimum atomic E-state index is -1.19. The smallest absolute Gasteiger partial charge is 0.255 e. The lowest BCUT2D eigenvalue weighted by Gasteiger charge is -2.41. The highest BCUT2D eigenvalue weighted by molar-refractivity contribution is 6.21. The number of ketones is 2. The molecule has 3 aliphatic carbocycles. The third-order valence-corrected chi connectivity index (χ3v) is 8.45. The maximum Gasteiger partial charge on any atom is 0.255 e. The topological polar surface area (TPSA) is 150 Å². The van der Waals surface area contributed by atoms with Gasteiger partial charge in [-0.1, -0.05) is 0 Å². The average molecular weight is 499 g/mol. The lowest BCUT2D eigenvalue weighted by Crippen LogP contribution is -2.44. The SMILES string of the molecule is NC(=O)C1=C(O)C2C(=O)C3=C(O)c4c(O)c5c(c(F)c4CC3CC2CC1=O)CN(C[C@@H]1CCCO1)C5. The molecule has 0 bridgehead atoms.